The maximum Gasteiger partial charge on any atom is 0.405 e. The van der Waals surface area contributed by atoms with Gasteiger partial charge in [0.25, 0.3) is 5.56 Å². The van der Waals surface area contributed by atoms with E-state index in [0.717, 1.165) is 10.6 Å². The number of ketones is 2. The van der Waals surface area contributed by atoms with E-state index in [1.54, 1.807) is 17.1 Å². The van der Waals surface area contributed by atoms with E-state index in [-0.39, 0.29) is 35.5 Å². The number of Topliss-reactive ketones (excluding diaryl/α,β-unsaturated/α-hetero) is 1. The lowest BCUT2D eigenvalue weighted by atomic mass is 9.90. The van der Waals surface area contributed by atoms with E-state index in [1.165, 1.54) is 12.1 Å². The summed E-state index contributed by atoms with van der Waals surface area (Å²) in [6.07, 6.45) is -1.83. The molecule has 1 aromatic heterocycles. The van der Waals surface area contributed by atoms with Crippen LogP contribution in [0.5, 0.6) is 0 Å². The zero-order valence-electron chi connectivity index (χ0n) is 19.1. The highest BCUT2D eigenvalue weighted by Crippen LogP contribution is 2.45. The second-order valence-corrected chi connectivity index (χ2v) is 10.4. The standard InChI is InChI=1S/C22H22ClFN3O9P/c23-5-6-25-37(33,34-10-12-7-16(28)13-3-1-2-4-14(13)20(12)30)35-11-18-17(29)8-19(36-18)27-9-15(24)21(31)26-22(27)32/h1-4,7,9,17-19,29H,5-6,8,10-11H2,(H,25,33)(H,26,31,32)/t17-,18+,19+,37?/m0/s1. The molecule has 0 radical (unpaired) electrons. The van der Waals surface area contributed by atoms with Crippen molar-refractivity contribution in [3.63, 3.8) is 0 Å². The first-order chi connectivity index (χ1) is 17.6. The van der Waals surface area contributed by atoms with Crippen molar-refractivity contribution in [2.45, 2.75) is 24.9 Å². The Bertz CT molecular complexity index is 1410. The molecule has 0 amide bonds. The number of aromatic amines is 1. The lowest BCUT2D eigenvalue weighted by Crippen LogP contribution is -2.34. The van der Waals surface area contributed by atoms with Crippen LogP contribution in [0.15, 0.2) is 51.7 Å². The van der Waals surface area contributed by atoms with E-state index >= 15 is 0 Å². The molecular weight excluding hydrogens is 536 g/mol. The molecule has 37 heavy (non-hydrogen) atoms. The second-order valence-electron chi connectivity index (χ2n) is 8.15. The third kappa shape index (κ3) is 6.04. The summed E-state index contributed by atoms with van der Waals surface area (Å²) in [5.41, 5.74) is -1.72. The molecule has 4 rings (SSSR count). The van der Waals surface area contributed by atoms with Crippen molar-refractivity contribution in [3.05, 3.63) is 79.9 Å². The number of aliphatic hydroxyl groups excluding tert-OH is 1. The fourth-order valence-electron chi connectivity index (χ4n) is 3.82. The average Bonchev–Trinajstić information content (AvgIpc) is 3.25. The number of hydrogen-bond acceptors (Lipinski definition) is 9. The third-order valence-electron chi connectivity index (χ3n) is 5.67. The van der Waals surface area contributed by atoms with Crippen LogP contribution < -0.4 is 16.3 Å². The summed E-state index contributed by atoms with van der Waals surface area (Å²) in [5, 5.41) is 12.9. The minimum atomic E-state index is -4.13. The Hall–Kier alpha value is -2.77. The van der Waals surface area contributed by atoms with Gasteiger partial charge in [0.05, 0.1) is 25.5 Å². The number of aromatic nitrogens is 2. The molecule has 3 N–H and O–H groups in total. The molecule has 4 atom stereocenters. The molecule has 2 aromatic rings. The number of carbonyl (C=O) groups is 2. The molecule has 1 saturated heterocycles. The highest BCUT2D eigenvalue weighted by Gasteiger charge is 2.38. The summed E-state index contributed by atoms with van der Waals surface area (Å²) in [6, 6.07) is 6.26. The number of hydrogen-bond donors (Lipinski definition) is 3. The first kappa shape index (κ1) is 27.3. The monoisotopic (exact) mass is 557 g/mol. The molecule has 0 bridgehead atoms. The van der Waals surface area contributed by atoms with E-state index in [1.807, 2.05) is 0 Å². The van der Waals surface area contributed by atoms with Crippen molar-refractivity contribution < 1.29 is 37.4 Å². The Labute approximate surface area is 213 Å². The molecule has 1 aliphatic carbocycles. The van der Waals surface area contributed by atoms with Crippen LogP contribution in [-0.4, -0.2) is 64.1 Å². The predicted octanol–water partition coefficient (Wildman–Crippen LogP) is 1.30. The van der Waals surface area contributed by atoms with Crippen molar-refractivity contribution in [1.29, 1.82) is 0 Å². The summed E-state index contributed by atoms with van der Waals surface area (Å²) < 4.78 is 44.0. The van der Waals surface area contributed by atoms with Crippen LogP contribution in [0, 0.1) is 5.82 Å². The average molecular weight is 558 g/mol. The largest absolute Gasteiger partial charge is 0.405 e. The SMILES string of the molecule is O=C1C=C(COP(=O)(NCCCl)OC[C@H]2O[C@@H](n3cc(F)c(=O)[nH]c3=O)C[C@@H]2O)C(=O)c2ccccc21. The highest BCUT2D eigenvalue weighted by molar-refractivity contribution is 7.51. The number of alkyl halides is 1. The van der Waals surface area contributed by atoms with Crippen LogP contribution in [-0.2, 0) is 18.3 Å². The van der Waals surface area contributed by atoms with Crippen LogP contribution in [0.25, 0.3) is 0 Å². The van der Waals surface area contributed by atoms with E-state index in [2.05, 4.69) is 5.09 Å². The quantitative estimate of drug-likeness (QED) is 0.286. The van der Waals surface area contributed by atoms with Crippen molar-refractivity contribution in [2.24, 2.45) is 0 Å². The van der Waals surface area contributed by atoms with Crippen molar-refractivity contribution in [3.8, 4) is 0 Å². The molecule has 1 fully saturated rings. The zero-order valence-corrected chi connectivity index (χ0v) is 20.7. The fourth-order valence-corrected chi connectivity index (χ4v) is 5.34. The summed E-state index contributed by atoms with van der Waals surface area (Å²) in [7, 11) is -4.13. The van der Waals surface area contributed by atoms with Crippen LogP contribution in [0.4, 0.5) is 4.39 Å². The predicted molar refractivity (Wildman–Crippen MR) is 127 cm³/mol. The molecule has 2 aliphatic rings. The topological polar surface area (TPSA) is 166 Å². The normalized spacial score (nSPS) is 23.0. The van der Waals surface area contributed by atoms with E-state index < -0.39 is 68.0 Å². The molecule has 198 valence electrons. The van der Waals surface area contributed by atoms with E-state index in [9.17, 15) is 33.2 Å². The number of fused-ring (bicyclic) bond motifs is 1. The number of halogens is 2. The molecule has 0 spiro atoms. The van der Waals surface area contributed by atoms with Gasteiger partial charge in [0.15, 0.2) is 11.6 Å². The fraction of sp³-hybridized carbons (Fsp3) is 0.364. The molecule has 15 heteroatoms. The van der Waals surface area contributed by atoms with Crippen LogP contribution >= 0.6 is 19.3 Å². The van der Waals surface area contributed by atoms with Gasteiger partial charge < -0.3 is 9.84 Å². The lowest BCUT2D eigenvalue weighted by molar-refractivity contribution is -0.0438. The molecule has 1 aromatic carbocycles. The Morgan fingerprint density at radius 2 is 1.95 bits per heavy atom. The first-order valence-corrected chi connectivity index (χ1v) is 13.1. The second kappa shape index (κ2) is 11.3. The number of rotatable bonds is 10. The van der Waals surface area contributed by atoms with Gasteiger partial charge in [-0.2, -0.15) is 4.39 Å². The number of benzene rings is 1. The Kier molecular flexibility index (Phi) is 8.34. The summed E-state index contributed by atoms with van der Waals surface area (Å²) in [4.78, 5) is 50.1. The van der Waals surface area contributed by atoms with Gasteiger partial charge in [-0.05, 0) is 6.08 Å². The summed E-state index contributed by atoms with van der Waals surface area (Å²) in [6.45, 7) is -1.01. The van der Waals surface area contributed by atoms with Crippen LogP contribution in [0.2, 0.25) is 0 Å². The van der Waals surface area contributed by atoms with Gasteiger partial charge in [-0.25, -0.2) is 14.4 Å². The number of allylic oxidation sites excluding steroid dienone is 1. The smallest absolute Gasteiger partial charge is 0.390 e. The van der Waals surface area contributed by atoms with Gasteiger partial charge in [0, 0.05) is 35.5 Å². The minimum absolute atomic E-state index is 0.00363. The number of carbonyl (C=O) groups excluding carboxylic acids is 2. The Morgan fingerprint density at radius 3 is 2.68 bits per heavy atom. The van der Waals surface area contributed by atoms with Crippen molar-refractivity contribution >= 4 is 30.9 Å². The van der Waals surface area contributed by atoms with Crippen molar-refractivity contribution in [1.82, 2.24) is 14.6 Å². The molecular formula is C22H22ClFN3O9P. The van der Waals surface area contributed by atoms with E-state index in [0.29, 0.717) is 6.20 Å². The third-order valence-corrected chi connectivity index (χ3v) is 7.43. The van der Waals surface area contributed by atoms with Gasteiger partial charge in [0.1, 0.15) is 12.3 Å². The number of aliphatic hydroxyl groups is 1. The molecule has 2 heterocycles. The Balaban J connectivity index is 1.43. The maximum absolute atomic E-state index is 13.6. The minimum Gasteiger partial charge on any atom is -0.390 e. The van der Waals surface area contributed by atoms with E-state index in [4.69, 9.17) is 25.4 Å². The van der Waals surface area contributed by atoms with Gasteiger partial charge in [-0.1, -0.05) is 24.3 Å². The number of nitrogens with one attached hydrogen (secondary N) is 2. The number of ether oxygens (including phenoxy) is 1. The highest BCUT2D eigenvalue weighted by atomic mass is 35.5. The van der Waals surface area contributed by atoms with Crippen LogP contribution in [0.1, 0.15) is 33.4 Å². The molecule has 0 saturated carbocycles. The first-order valence-electron chi connectivity index (χ1n) is 11.0. The molecule has 1 aliphatic heterocycles. The Morgan fingerprint density at radius 1 is 1.22 bits per heavy atom. The lowest BCUT2D eigenvalue weighted by Gasteiger charge is -2.23. The van der Waals surface area contributed by atoms with Gasteiger partial charge >= 0.3 is 13.4 Å². The molecule has 1 unspecified atom stereocenters. The number of H-pyrrole nitrogens is 1. The van der Waals surface area contributed by atoms with Crippen molar-refractivity contribution in [2.75, 3.05) is 25.6 Å². The molecule has 12 nitrogen and oxygen atoms in total. The maximum atomic E-state index is 13.6. The zero-order chi connectivity index (χ0) is 26.7. The summed E-state index contributed by atoms with van der Waals surface area (Å²) in [5.74, 6) is -2.04. The van der Waals surface area contributed by atoms with Gasteiger partial charge in [0.2, 0.25) is 5.82 Å². The van der Waals surface area contributed by atoms with Gasteiger partial charge in [-0.15, -0.1) is 11.6 Å². The summed E-state index contributed by atoms with van der Waals surface area (Å²) >= 11 is 5.67. The number of nitrogens with zero attached hydrogens (tertiary/aromatic N) is 1. The van der Waals surface area contributed by atoms with Crippen LogP contribution in [0.3, 0.4) is 0 Å². The van der Waals surface area contributed by atoms with Gasteiger partial charge in [-0.3, -0.25) is 33.0 Å².